The number of nitriles is 1. The highest BCUT2D eigenvalue weighted by atomic mass is 32.1. The van der Waals surface area contributed by atoms with Crippen LogP contribution in [0.15, 0.2) is 30.6 Å². The number of nitrogens with one attached hydrogen (secondary N) is 1. The minimum absolute atomic E-state index is 0.0175. The highest BCUT2D eigenvalue weighted by Crippen LogP contribution is 2.46. The fourth-order valence-corrected chi connectivity index (χ4v) is 6.78. The van der Waals surface area contributed by atoms with Gasteiger partial charge in [-0.25, -0.2) is 14.4 Å². The van der Waals surface area contributed by atoms with Crippen LogP contribution in [0.2, 0.25) is 0 Å². The molecule has 6 rings (SSSR count). The molecular weight excluding hydrogens is 477 g/mol. The maximum atomic E-state index is 16.0. The number of benzene rings is 1. The van der Waals surface area contributed by atoms with Gasteiger partial charge in [0.2, 0.25) is 0 Å². The molecule has 0 radical (unpaired) electrons. The van der Waals surface area contributed by atoms with Gasteiger partial charge >= 0.3 is 0 Å². The molecule has 2 saturated heterocycles. The number of aromatic nitrogens is 4. The largest absolute Gasteiger partial charge is 0.507 e. The van der Waals surface area contributed by atoms with E-state index in [1.165, 1.54) is 11.3 Å². The number of phenolic OH excluding ortho intramolecular Hbond substituents is 1. The summed E-state index contributed by atoms with van der Waals surface area (Å²) in [4.78, 5) is 11.5. The third-order valence-electron chi connectivity index (χ3n) is 7.85. The van der Waals surface area contributed by atoms with Crippen molar-refractivity contribution in [2.45, 2.75) is 81.7 Å². The molecule has 2 bridgehead atoms. The first kappa shape index (κ1) is 23.3. The Bertz CT molecular complexity index is 1340. The molecule has 2 aliphatic heterocycles. The number of thiazole rings is 1. The summed E-state index contributed by atoms with van der Waals surface area (Å²) in [5.41, 5.74) is 0.588. The topological polar surface area (TPSA) is 111 Å². The lowest BCUT2D eigenvalue weighted by Crippen LogP contribution is -2.73. The van der Waals surface area contributed by atoms with Crippen LogP contribution >= 0.6 is 11.3 Å². The Morgan fingerprint density at radius 1 is 1.19 bits per heavy atom. The summed E-state index contributed by atoms with van der Waals surface area (Å²) in [6, 6.07) is 7.18. The van der Waals surface area contributed by atoms with Crippen LogP contribution in [-0.4, -0.2) is 54.6 Å². The van der Waals surface area contributed by atoms with Crippen molar-refractivity contribution in [3.8, 4) is 33.6 Å². The minimum Gasteiger partial charge on any atom is -0.507 e. The number of nitrogens with zero attached hydrogens (tertiary/aromatic N) is 6. The molecule has 3 fully saturated rings. The minimum atomic E-state index is -1.02. The standard InChI is InChI=1S/C26H28FN7OS/c1-25-8-3-9-26(2,33-25)23(27)18(11-25)34(16-5-6-16)21-14-30-24(32-31-21)17-7-4-15(10-19(17)35)20-13-29-22(12-28)36-20/h4,7,10,13-14,16,18,23,33,35H,3,5-6,8-9,11H2,1-2H3/t18-,23-,25-,26+/m1/s1. The number of hydrogen-bond acceptors (Lipinski definition) is 9. The highest BCUT2D eigenvalue weighted by molar-refractivity contribution is 7.15. The Kier molecular flexibility index (Phi) is 5.46. The van der Waals surface area contributed by atoms with E-state index < -0.39 is 11.7 Å². The second-order valence-corrected chi connectivity index (χ2v) is 11.8. The summed E-state index contributed by atoms with van der Waals surface area (Å²) in [6.07, 6.45) is 7.92. The summed E-state index contributed by atoms with van der Waals surface area (Å²) >= 11 is 1.26. The quantitative estimate of drug-likeness (QED) is 0.517. The van der Waals surface area contributed by atoms with Gasteiger partial charge in [-0.3, -0.25) is 0 Å². The molecule has 3 aromatic rings. The molecule has 36 heavy (non-hydrogen) atoms. The van der Waals surface area contributed by atoms with Gasteiger partial charge in [0.05, 0.1) is 22.7 Å². The summed E-state index contributed by atoms with van der Waals surface area (Å²) in [6.45, 7) is 4.22. The molecule has 4 atom stereocenters. The molecule has 3 aliphatic rings. The Labute approximate surface area is 213 Å². The van der Waals surface area contributed by atoms with Gasteiger partial charge < -0.3 is 15.3 Å². The van der Waals surface area contributed by atoms with Crippen molar-refractivity contribution >= 4 is 17.2 Å². The average Bonchev–Trinajstić information content (AvgIpc) is 3.57. The van der Waals surface area contributed by atoms with Crippen LogP contribution in [0.25, 0.3) is 21.8 Å². The molecule has 8 nitrogen and oxygen atoms in total. The SMILES string of the molecule is C[C@]12CCC[C@](C)(N1)[C@H](F)[C@H](N(c1cnc(-c3ccc(-c4cnc(C#N)s4)cc3O)nn1)C1CC1)C2. The molecule has 0 amide bonds. The Morgan fingerprint density at radius 2 is 2.03 bits per heavy atom. The summed E-state index contributed by atoms with van der Waals surface area (Å²) in [7, 11) is 0. The molecule has 1 aliphatic carbocycles. The smallest absolute Gasteiger partial charge is 0.194 e. The van der Waals surface area contributed by atoms with Gasteiger partial charge in [0.25, 0.3) is 0 Å². The van der Waals surface area contributed by atoms with Crippen LogP contribution in [0.1, 0.15) is 57.4 Å². The predicted molar refractivity (Wildman–Crippen MR) is 135 cm³/mol. The van der Waals surface area contributed by atoms with Gasteiger partial charge in [-0.2, -0.15) is 5.26 Å². The van der Waals surface area contributed by atoms with E-state index in [-0.39, 0.29) is 23.4 Å². The lowest BCUT2D eigenvalue weighted by Gasteiger charge is -2.57. The molecule has 4 heterocycles. The van der Waals surface area contributed by atoms with Crippen LogP contribution in [0.3, 0.4) is 0 Å². The summed E-state index contributed by atoms with van der Waals surface area (Å²) in [5.74, 6) is 0.910. The van der Waals surface area contributed by atoms with Crippen molar-refractivity contribution in [3.05, 3.63) is 35.6 Å². The average molecular weight is 506 g/mol. The van der Waals surface area contributed by atoms with Crippen LogP contribution in [0.4, 0.5) is 10.2 Å². The van der Waals surface area contributed by atoms with Crippen molar-refractivity contribution in [1.29, 1.82) is 5.26 Å². The second kappa shape index (κ2) is 8.46. The van der Waals surface area contributed by atoms with Gasteiger partial charge in [-0.05, 0) is 70.1 Å². The van der Waals surface area contributed by atoms with Gasteiger partial charge in [0, 0.05) is 23.3 Å². The van der Waals surface area contributed by atoms with Crippen molar-refractivity contribution in [1.82, 2.24) is 25.5 Å². The van der Waals surface area contributed by atoms with E-state index in [1.54, 1.807) is 24.5 Å². The van der Waals surface area contributed by atoms with Crippen molar-refractivity contribution in [3.63, 3.8) is 0 Å². The third kappa shape index (κ3) is 4.00. The van der Waals surface area contributed by atoms with E-state index >= 15 is 4.39 Å². The zero-order valence-corrected chi connectivity index (χ0v) is 21.1. The monoisotopic (exact) mass is 505 g/mol. The van der Waals surface area contributed by atoms with Crippen LogP contribution in [-0.2, 0) is 0 Å². The number of aromatic hydroxyl groups is 1. The molecule has 2 N–H and O–H groups in total. The molecule has 2 aromatic heterocycles. The number of fused-ring (bicyclic) bond motifs is 2. The molecule has 0 spiro atoms. The zero-order valence-electron chi connectivity index (χ0n) is 20.3. The highest BCUT2D eigenvalue weighted by Gasteiger charge is 2.55. The second-order valence-electron chi connectivity index (χ2n) is 10.8. The maximum Gasteiger partial charge on any atom is 0.194 e. The fourth-order valence-electron chi connectivity index (χ4n) is 6.07. The number of halogens is 1. The number of hydrogen-bond donors (Lipinski definition) is 2. The van der Waals surface area contributed by atoms with Crippen LogP contribution < -0.4 is 10.2 Å². The van der Waals surface area contributed by atoms with E-state index in [4.69, 9.17) is 5.26 Å². The van der Waals surface area contributed by atoms with Crippen LogP contribution in [0.5, 0.6) is 5.75 Å². The van der Waals surface area contributed by atoms with Gasteiger partial charge in [-0.15, -0.1) is 21.5 Å². The molecule has 1 saturated carbocycles. The van der Waals surface area contributed by atoms with E-state index in [0.29, 0.717) is 22.2 Å². The van der Waals surface area contributed by atoms with Crippen molar-refractivity contribution in [2.24, 2.45) is 0 Å². The van der Waals surface area contributed by atoms with Gasteiger partial charge in [-0.1, -0.05) is 6.07 Å². The predicted octanol–water partition coefficient (Wildman–Crippen LogP) is 4.61. The number of rotatable bonds is 5. The number of anilines is 1. The molecule has 186 valence electrons. The molecular formula is C26H28FN7OS. The van der Waals surface area contributed by atoms with Crippen molar-refractivity contribution < 1.29 is 9.50 Å². The van der Waals surface area contributed by atoms with E-state index in [9.17, 15) is 5.11 Å². The first-order valence-corrected chi connectivity index (χ1v) is 13.2. The Hall–Kier alpha value is -3.16. The summed E-state index contributed by atoms with van der Waals surface area (Å²) in [5, 5.41) is 32.5. The number of piperidine rings is 2. The normalized spacial score (nSPS) is 29.5. The lowest BCUT2D eigenvalue weighted by molar-refractivity contribution is 0.000258. The summed E-state index contributed by atoms with van der Waals surface area (Å²) < 4.78 is 16.0. The third-order valence-corrected chi connectivity index (χ3v) is 8.81. The number of phenols is 1. The molecule has 0 unspecified atom stereocenters. The Balaban J connectivity index is 1.28. The first-order chi connectivity index (χ1) is 17.3. The molecule has 1 aromatic carbocycles. The van der Waals surface area contributed by atoms with Gasteiger partial charge in [0.1, 0.15) is 18.0 Å². The fraction of sp³-hybridized carbons (Fsp3) is 0.500. The van der Waals surface area contributed by atoms with E-state index in [2.05, 4.69) is 37.3 Å². The van der Waals surface area contributed by atoms with E-state index in [0.717, 1.165) is 49.0 Å². The molecule has 10 heteroatoms. The van der Waals surface area contributed by atoms with Crippen LogP contribution in [0, 0.1) is 11.3 Å². The number of alkyl halides is 1. The lowest BCUT2D eigenvalue weighted by atomic mass is 9.68. The maximum absolute atomic E-state index is 16.0. The van der Waals surface area contributed by atoms with Crippen molar-refractivity contribution in [2.75, 3.05) is 4.90 Å². The zero-order chi connectivity index (χ0) is 25.1. The Morgan fingerprint density at radius 3 is 2.69 bits per heavy atom. The van der Waals surface area contributed by atoms with Gasteiger partial charge in [0.15, 0.2) is 16.6 Å². The first-order valence-electron chi connectivity index (χ1n) is 12.4. The van der Waals surface area contributed by atoms with E-state index in [1.807, 2.05) is 19.1 Å².